The molecule has 4 heteroatoms. The molecule has 0 aromatic carbocycles. The summed E-state index contributed by atoms with van der Waals surface area (Å²) in [6.45, 7) is 0.967. The summed E-state index contributed by atoms with van der Waals surface area (Å²) in [6.07, 6.45) is 10.3. The van der Waals surface area contributed by atoms with Gasteiger partial charge < -0.3 is 19.8 Å². The summed E-state index contributed by atoms with van der Waals surface area (Å²) in [4.78, 5) is 11.0. The fraction of sp³-hybridized carbons (Fsp3) is 0.688. The number of rotatable bonds is 7. The molecule has 2 saturated carbocycles. The Kier molecular flexibility index (Phi) is 3.94. The minimum Gasteiger partial charge on any atom is -0.467 e. The minimum absolute atomic E-state index is 0.333. The molecule has 1 aromatic heterocycles. The van der Waals surface area contributed by atoms with Gasteiger partial charge in [-0.2, -0.15) is 0 Å². The molecule has 3 rings (SSSR count). The van der Waals surface area contributed by atoms with Gasteiger partial charge >= 0.3 is 0 Å². The maximum absolute atomic E-state index is 11.0. The zero-order valence-electron chi connectivity index (χ0n) is 12.2. The highest BCUT2D eigenvalue weighted by Crippen LogP contribution is 2.47. The zero-order valence-corrected chi connectivity index (χ0v) is 12.2. The Bertz CT molecular complexity index is 461. The first-order valence-corrected chi connectivity index (χ1v) is 7.70. The number of furan rings is 1. The average molecular weight is 276 g/mol. The predicted octanol–water partition coefficient (Wildman–Crippen LogP) is 2.20. The van der Waals surface area contributed by atoms with E-state index in [0.29, 0.717) is 5.54 Å². The topological polar surface area (TPSA) is 54.3 Å². The van der Waals surface area contributed by atoms with Crippen LogP contribution >= 0.6 is 0 Å². The van der Waals surface area contributed by atoms with Crippen molar-refractivity contribution in [3.8, 4) is 0 Å². The van der Waals surface area contributed by atoms with Crippen molar-refractivity contribution in [2.75, 3.05) is 13.6 Å². The van der Waals surface area contributed by atoms with E-state index in [0.717, 1.165) is 36.5 Å². The van der Waals surface area contributed by atoms with Crippen molar-refractivity contribution in [1.82, 2.24) is 10.6 Å². The first-order chi connectivity index (χ1) is 9.76. The Balaban J connectivity index is 1.56. The van der Waals surface area contributed by atoms with Crippen molar-refractivity contribution < 1.29 is 9.21 Å². The molecule has 1 heterocycles. The molecule has 0 amide bonds. The number of carbonyl (C=O) groups excluding carboxylic acids is 1. The molecule has 2 N–H and O–H groups in total. The summed E-state index contributed by atoms with van der Waals surface area (Å²) in [6, 6.07) is 1.65. The Morgan fingerprint density at radius 1 is 1.50 bits per heavy atom. The Hall–Kier alpha value is -1.13. The van der Waals surface area contributed by atoms with Crippen molar-refractivity contribution in [2.24, 2.45) is 5.92 Å². The monoisotopic (exact) mass is 276 g/mol. The largest absolute Gasteiger partial charge is 0.467 e. The van der Waals surface area contributed by atoms with Crippen LogP contribution in [0.2, 0.25) is 0 Å². The van der Waals surface area contributed by atoms with Crippen molar-refractivity contribution in [1.29, 1.82) is 0 Å². The number of nitrogens with one attached hydrogen (secondary N) is 2. The summed E-state index contributed by atoms with van der Waals surface area (Å²) in [5.74, 6) is 1.73. The number of fused-ring (bicyclic) bond motifs is 2. The summed E-state index contributed by atoms with van der Waals surface area (Å²) >= 11 is 0. The number of hydrogen-bond donors (Lipinski definition) is 2. The van der Waals surface area contributed by atoms with Gasteiger partial charge in [0.2, 0.25) is 0 Å². The van der Waals surface area contributed by atoms with Crippen LogP contribution in [-0.4, -0.2) is 25.4 Å². The van der Waals surface area contributed by atoms with E-state index < -0.39 is 0 Å². The Morgan fingerprint density at radius 3 is 2.90 bits per heavy atom. The van der Waals surface area contributed by atoms with Gasteiger partial charge in [-0.3, -0.25) is 0 Å². The van der Waals surface area contributed by atoms with Crippen molar-refractivity contribution in [3.63, 3.8) is 0 Å². The van der Waals surface area contributed by atoms with Crippen LogP contribution in [0.15, 0.2) is 16.7 Å². The normalized spacial score (nSPS) is 29.8. The quantitative estimate of drug-likeness (QED) is 0.750. The lowest BCUT2D eigenvalue weighted by molar-refractivity contribution is -0.109. The minimum atomic E-state index is -0.333. The van der Waals surface area contributed by atoms with Crippen LogP contribution in [-0.2, 0) is 11.2 Å². The lowest BCUT2D eigenvalue weighted by atomic mass is 9.93. The smallest absolute Gasteiger partial charge is 0.144 e. The first kappa shape index (κ1) is 13.8. The molecule has 0 radical (unpaired) electrons. The van der Waals surface area contributed by atoms with Gasteiger partial charge in [-0.05, 0) is 69.7 Å². The Labute approximate surface area is 120 Å². The second-order valence-electron chi connectivity index (χ2n) is 6.32. The molecule has 20 heavy (non-hydrogen) atoms. The number of hydrogen-bond acceptors (Lipinski definition) is 4. The van der Waals surface area contributed by atoms with Crippen LogP contribution in [0.4, 0.5) is 0 Å². The summed E-state index contributed by atoms with van der Waals surface area (Å²) < 4.78 is 5.47. The molecule has 0 saturated heterocycles. The zero-order chi connectivity index (χ0) is 14.0. The fourth-order valence-electron chi connectivity index (χ4n) is 3.99. The highest BCUT2D eigenvalue weighted by Gasteiger charge is 2.44. The van der Waals surface area contributed by atoms with Crippen LogP contribution in [0.1, 0.15) is 49.5 Å². The molecular formula is C16H24N2O2. The lowest BCUT2D eigenvalue weighted by Crippen LogP contribution is -2.42. The first-order valence-electron chi connectivity index (χ1n) is 7.70. The molecule has 1 aromatic rings. The third-order valence-corrected chi connectivity index (χ3v) is 5.15. The van der Waals surface area contributed by atoms with E-state index in [1.165, 1.54) is 32.1 Å². The predicted molar refractivity (Wildman–Crippen MR) is 77.6 cm³/mol. The molecule has 2 aliphatic carbocycles. The van der Waals surface area contributed by atoms with Gasteiger partial charge in [0.25, 0.3) is 0 Å². The van der Waals surface area contributed by atoms with Gasteiger partial charge in [-0.1, -0.05) is 0 Å². The van der Waals surface area contributed by atoms with Gasteiger partial charge in [0.1, 0.15) is 18.1 Å². The van der Waals surface area contributed by atoms with Crippen LogP contribution in [0.25, 0.3) is 0 Å². The van der Waals surface area contributed by atoms with Crippen molar-refractivity contribution in [3.05, 3.63) is 23.7 Å². The third kappa shape index (κ3) is 2.54. The summed E-state index contributed by atoms with van der Waals surface area (Å²) in [7, 11) is 1.78. The molecule has 0 spiro atoms. The average Bonchev–Trinajstić information content (AvgIpc) is 3.17. The van der Waals surface area contributed by atoms with Crippen molar-refractivity contribution >= 4 is 6.29 Å². The summed E-state index contributed by atoms with van der Waals surface area (Å²) in [5, 5.41) is 6.75. The standard InChI is InChI=1S/C16H24N2O2/c1-17-14(11-19)15-13(5-9-20-15)4-8-18-16-6-2-12(10-16)3-7-16/h5,9,11-12,14,17-18H,2-4,6-8,10H2,1H3. The van der Waals surface area contributed by atoms with Crippen LogP contribution in [0, 0.1) is 5.92 Å². The van der Waals surface area contributed by atoms with E-state index in [4.69, 9.17) is 4.42 Å². The van der Waals surface area contributed by atoms with Gasteiger partial charge in [-0.15, -0.1) is 0 Å². The van der Waals surface area contributed by atoms with Gasteiger partial charge in [0, 0.05) is 5.54 Å². The molecular weight excluding hydrogens is 252 g/mol. The van der Waals surface area contributed by atoms with Crippen LogP contribution in [0.5, 0.6) is 0 Å². The maximum Gasteiger partial charge on any atom is 0.144 e. The fourth-order valence-corrected chi connectivity index (χ4v) is 3.99. The molecule has 2 bridgehead atoms. The van der Waals surface area contributed by atoms with E-state index in [-0.39, 0.29) is 6.04 Å². The van der Waals surface area contributed by atoms with E-state index >= 15 is 0 Å². The highest BCUT2D eigenvalue weighted by atomic mass is 16.3. The van der Waals surface area contributed by atoms with Crippen LogP contribution in [0.3, 0.4) is 0 Å². The van der Waals surface area contributed by atoms with Crippen molar-refractivity contribution in [2.45, 2.75) is 50.1 Å². The number of carbonyl (C=O) groups is 1. The Morgan fingerprint density at radius 2 is 2.30 bits per heavy atom. The number of aldehydes is 1. The third-order valence-electron chi connectivity index (χ3n) is 5.15. The van der Waals surface area contributed by atoms with Crippen LogP contribution < -0.4 is 10.6 Å². The second-order valence-corrected chi connectivity index (χ2v) is 6.32. The second kappa shape index (κ2) is 5.70. The van der Waals surface area contributed by atoms with E-state index in [2.05, 4.69) is 10.6 Å². The molecule has 4 nitrogen and oxygen atoms in total. The molecule has 1 unspecified atom stereocenters. The van der Waals surface area contributed by atoms with Gasteiger partial charge in [0.15, 0.2) is 0 Å². The van der Waals surface area contributed by atoms with E-state index in [9.17, 15) is 4.79 Å². The van der Waals surface area contributed by atoms with E-state index in [1.54, 1.807) is 13.3 Å². The molecule has 0 aliphatic heterocycles. The lowest BCUT2D eigenvalue weighted by Gasteiger charge is -2.28. The molecule has 2 aliphatic rings. The van der Waals surface area contributed by atoms with E-state index in [1.807, 2.05) is 6.07 Å². The SMILES string of the molecule is CNC(C=O)c1occc1CCNC12CCC(CC1)C2. The summed E-state index contributed by atoms with van der Waals surface area (Å²) in [5.41, 5.74) is 1.55. The molecule has 110 valence electrons. The van der Waals surface area contributed by atoms with Gasteiger partial charge in [-0.25, -0.2) is 0 Å². The highest BCUT2D eigenvalue weighted by molar-refractivity contribution is 5.60. The number of likely N-dealkylation sites (N-methyl/N-ethyl adjacent to an activating group) is 1. The molecule has 1 atom stereocenters. The molecule has 2 fully saturated rings. The van der Waals surface area contributed by atoms with Gasteiger partial charge in [0.05, 0.1) is 6.26 Å². The maximum atomic E-state index is 11.0.